The molecule has 1 fully saturated rings. The van der Waals surface area contributed by atoms with Gasteiger partial charge in [0.15, 0.2) is 0 Å². The summed E-state index contributed by atoms with van der Waals surface area (Å²) in [6.07, 6.45) is 6.85. The smallest absolute Gasteiger partial charge is 0.337 e. The number of carboxylic acid groups (broad SMARTS) is 1. The third-order valence-corrected chi connectivity index (χ3v) is 4.53. The maximum absolute atomic E-state index is 10.8. The van der Waals surface area contributed by atoms with E-state index < -0.39 is 5.97 Å². The van der Waals surface area contributed by atoms with E-state index in [2.05, 4.69) is 16.6 Å². The third kappa shape index (κ3) is 3.09. The lowest BCUT2D eigenvalue weighted by Crippen LogP contribution is -2.17. The normalized spacial score (nSPS) is 23.0. The maximum Gasteiger partial charge on any atom is 0.337 e. The van der Waals surface area contributed by atoms with Gasteiger partial charge in [-0.2, -0.15) is 11.8 Å². The molecule has 1 aliphatic carbocycles. The number of carboxylic acids is 1. The van der Waals surface area contributed by atoms with Crippen LogP contribution in [0.1, 0.15) is 29.6 Å². The molecule has 0 radical (unpaired) electrons. The Kier molecular flexibility index (Phi) is 4.35. The van der Waals surface area contributed by atoms with E-state index in [1.54, 1.807) is 0 Å². The second kappa shape index (κ2) is 5.80. The van der Waals surface area contributed by atoms with Gasteiger partial charge < -0.3 is 10.4 Å². The largest absolute Gasteiger partial charge is 0.478 e. The zero-order chi connectivity index (χ0) is 13.1. The van der Waals surface area contributed by atoms with E-state index in [1.165, 1.54) is 18.7 Å². The Balaban J connectivity index is 2.04. The molecule has 0 saturated heterocycles. The third-order valence-electron chi connectivity index (χ3n) is 3.15. The molecular weight excluding hydrogens is 272 g/mol. The van der Waals surface area contributed by atoms with E-state index in [9.17, 15) is 4.79 Å². The van der Waals surface area contributed by atoms with Crippen LogP contribution in [0.4, 0.5) is 5.82 Å². The van der Waals surface area contributed by atoms with Gasteiger partial charge in [0.2, 0.25) is 0 Å². The first-order chi connectivity index (χ1) is 8.60. The van der Waals surface area contributed by atoms with Gasteiger partial charge in [0.25, 0.3) is 0 Å². The molecule has 1 aromatic heterocycles. The van der Waals surface area contributed by atoms with Crippen molar-refractivity contribution in [2.45, 2.75) is 30.6 Å². The van der Waals surface area contributed by atoms with Gasteiger partial charge in [0.1, 0.15) is 5.82 Å². The van der Waals surface area contributed by atoms with E-state index in [0.717, 1.165) is 12.8 Å². The zero-order valence-electron chi connectivity index (χ0n) is 10.0. The van der Waals surface area contributed by atoms with Crippen LogP contribution >= 0.6 is 23.4 Å². The highest BCUT2D eigenvalue weighted by Gasteiger charge is 2.24. The second-order valence-electron chi connectivity index (χ2n) is 4.37. The average Bonchev–Trinajstić information content (AvgIpc) is 2.79. The Labute approximate surface area is 115 Å². The van der Waals surface area contributed by atoms with Gasteiger partial charge in [-0.25, -0.2) is 9.78 Å². The number of hydrogen-bond acceptors (Lipinski definition) is 4. The number of aromatic carboxylic acids is 1. The van der Waals surface area contributed by atoms with Crippen LogP contribution in [0.5, 0.6) is 0 Å². The minimum atomic E-state index is -1.01. The molecule has 18 heavy (non-hydrogen) atoms. The lowest BCUT2D eigenvalue weighted by molar-refractivity contribution is 0.0696. The summed E-state index contributed by atoms with van der Waals surface area (Å²) >= 11 is 7.91. The molecule has 1 aromatic rings. The summed E-state index contributed by atoms with van der Waals surface area (Å²) in [5.74, 6) is -0.437. The molecular formula is C12H15ClN2O2S. The van der Waals surface area contributed by atoms with Crippen LogP contribution in [0, 0.1) is 0 Å². The topological polar surface area (TPSA) is 62.2 Å². The average molecular weight is 287 g/mol. The number of thioether (sulfide) groups is 1. The molecule has 1 saturated carbocycles. The molecule has 2 unspecified atom stereocenters. The van der Waals surface area contributed by atoms with Crippen molar-refractivity contribution >= 4 is 35.1 Å². The second-order valence-corrected chi connectivity index (χ2v) is 5.92. The molecule has 0 bridgehead atoms. The van der Waals surface area contributed by atoms with E-state index in [0.29, 0.717) is 22.1 Å². The van der Waals surface area contributed by atoms with Gasteiger partial charge >= 0.3 is 5.97 Å². The minimum absolute atomic E-state index is 0.110. The summed E-state index contributed by atoms with van der Waals surface area (Å²) in [5, 5.41) is 13.2. The Hall–Kier alpha value is -0.940. The lowest BCUT2D eigenvalue weighted by atomic mass is 10.2. The molecule has 0 aliphatic heterocycles. The lowest BCUT2D eigenvalue weighted by Gasteiger charge is -2.14. The summed E-state index contributed by atoms with van der Waals surface area (Å²) in [6.45, 7) is 0. The Morgan fingerprint density at radius 1 is 1.61 bits per heavy atom. The highest BCUT2D eigenvalue weighted by molar-refractivity contribution is 7.99. The molecule has 98 valence electrons. The standard InChI is InChI=1S/C12H15ClN2O2S/c1-18-9-3-2-8(5-9)15-11-10(13)4-7(6-14-11)12(16)17/h4,6,8-9H,2-3,5H2,1H3,(H,14,15)(H,16,17). The van der Waals surface area contributed by atoms with Gasteiger partial charge in [-0.3, -0.25) is 0 Å². The number of halogens is 1. The van der Waals surface area contributed by atoms with Crippen LogP contribution in [0.2, 0.25) is 5.02 Å². The molecule has 2 atom stereocenters. The van der Waals surface area contributed by atoms with Crippen molar-refractivity contribution in [3.05, 3.63) is 22.8 Å². The number of nitrogens with one attached hydrogen (secondary N) is 1. The van der Waals surface area contributed by atoms with Crippen molar-refractivity contribution < 1.29 is 9.90 Å². The van der Waals surface area contributed by atoms with Crippen molar-refractivity contribution in [3.63, 3.8) is 0 Å². The number of hydrogen-bond donors (Lipinski definition) is 2. The van der Waals surface area contributed by atoms with Crippen LogP contribution in [0.15, 0.2) is 12.3 Å². The van der Waals surface area contributed by atoms with Crippen LogP contribution in [-0.2, 0) is 0 Å². The number of pyridine rings is 1. The van der Waals surface area contributed by atoms with E-state index in [1.807, 2.05) is 11.8 Å². The summed E-state index contributed by atoms with van der Waals surface area (Å²) in [6, 6.07) is 1.81. The van der Waals surface area contributed by atoms with E-state index in [-0.39, 0.29) is 5.56 Å². The van der Waals surface area contributed by atoms with Gasteiger partial charge in [-0.05, 0) is 31.6 Å². The first kappa shape index (κ1) is 13.5. The van der Waals surface area contributed by atoms with Crippen molar-refractivity contribution in [3.8, 4) is 0 Å². The van der Waals surface area contributed by atoms with Crippen LogP contribution < -0.4 is 5.32 Å². The fourth-order valence-electron chi connectivity index (χ4n) is 2.14. The first-order valence-corrected chi connectivity index (χ1v) is 7.45. The molecule has 1 heterocycles. The van der Waals surface area contributed by atoms with Gasteiger partial charge in [0.05, 0.1) is 10.6 Å². The molecule has 4 nitrogen and oxygen atoms in total. The summed E-state index contributed by atoms with van der Waals surface area (Å²) in [5.41, 5.74) is 0.110. The van der Waals surface area contributed by atoms with Gasteiger partial charge in [0, 0.05) is 17.5 Å². The van der Waals surface area contributed by atoms with E-state index in [4.69, 9.17) is 16.7 Å². The molecule has 0 amide bonds. The van der Waals surface area contributed by atoms with Crippen molar-refractivity contribution in [2.75, 3.05) is 11.6 Å². The molecule has 6 heteroatoms. The maximum atomic E-state index is 10.8. The number of anilines is 1. The summed E-state index contributed by atoms with van der Waals surface area (Å²) < 4.78 is 0. The number of rotatable bonds is 4. The predicted octanol–water partition coefficient (Wildman–Crippen LogP) is 3.13. The Morgan fingerprint density at radius 2 is 2.39 bits per heavy atom. The fourth-order valence-corrected chi connectivity index (χ4v) is 3.16. The van der Waals surface area contributed by atoms with Crippen LogP contribution in [-0.4, -0.2) is 33.6 Å². The predicted molar refractivity (Wildman–Crippen MR) is 74.8 cm³/mol. The molecule has 2 rings (SSSR count). The van der Waals surface area contributed by atoms with E-state index >= 15 is 0 Å². The minimum Gasteiger partial charge on any atom is -0.478 e. The monoisotopic (exact) mass is 286 g/mol. The van der Waals surface area contributed by atoms with Crippen molar-refractivity contribution in [2.24, 2.45) is 0 Å². The summed E-state index contributed by atoms with van der Waals surface area (Å²) in [7, 11) is 0. The first-order valence-electron chi connectivity index (χ1n) is 5.78. The number of carbonyl (C=O) groups is 1. The molecule has 0 spiro atoms. The molecule has 2 N–H and O–H groups in total. The quantitative estimate of drug-likeness (QED) is 0.890. The summed E-state index contributed by atoms with van der Waals surface area (Å²) in [4.78, 5) is 14.9. The van der Waals surface area contributed by atoms with Crippen molar-refractivity contribution in [1.82, 2.24) is 4.98 Å². The fraction of sp³-hybridized carbons (Fsp3) is 0.500. The van der Waals surface area contributed by atoms with Gasteiger partial charge in [-0.1, -0.05) is 11.6 Å². The highest BCUT2D eigenvalue weighted by Crippen LogP contribution is 2.31. The molecule has 1 aliphatic rings. The zero-order valence-corrected chi connectivity index (χ0v) is 11.6. The molecule has 0 aromatic carbocycles. The number of nitrogens with zero attached hydrogens (tertiary/aromatic N) is 1. The number of aromatic nitrogens is 1. The highest BCUT2D eigenvalue weighted by atomic mass is 35.5. The Bertz CT molecular complexity index is 456. The van der Waals surface area contributed by atoms with Crippen molar-refractivity contribution in [1.29, 1.82) is 0 Å². The Morgan fingerprint density at radius 3 is 2.94 bits per heavy atom. The van der Waals surface area contributed by atoms with Crippen LogP contribution in [0.25, 0.3) is 0 Å². The van der Waals surface area contributed by atoms with Crippen LogP contribution in [0.3, 0.4) is 0 Å². The van der Waals surface area contributed by atoms with Gasteiger partial charge in [-0.15, -0.1) is 0 Å². The SMILES string of the molecule is CSC1CCC(Nc2ncc(C(=O)O)cc2Cl)C1.